The molecule has 0 saturated carbocycles. The van der Waals surface area contributed by atoms with Crippen LogP contribution in [0.4, 0.5) is 0 Å². The van der Waals surface area contributed by atoms with Gasteiger partial charge >= 0.3 is 0 Å². The number of piperazine rings is 1. The summed E-state index contributed by atoms with van der Waals surface area (Å²) in [4.78, 5) is 2.79. The summed E-state index contributed by atoms with van der Waals surface area (Å²) in [5, 5.41) is 3.61. The number of hydrogen-bond acceptors (Lipinski definition) is 3. The Morgan fingerprint density at radius 3 is 2.73 bits per heavy atom. The van der Waals surface area contributed by atoms with E-state index in [4.69, 9.17) is 0 Å². The minimum Gasteiger partial charge on any atom is -0.311 e. The zero-order valence-electron chi connectivity index (χ0n) is 10.0. The predicted octanol–water partition coefficient (Wildman–Crippen LogP) is 1.95. The van der Waals surface area contributed by atoms with Crippen LogP contribution in [0, 0.1) is 0 Å². The third-order valence-electron chi connectivity index (χ3n) is 3.79. The largest absolute Gasteiger partial charge is 0.311 e. The highest BCUT2D eigenvalue weighted by molar-refractivity contribution is 7.99. The van der Waals surface area contributed by atoms with Crippen molar-refractivity contribution in [2.75, 3.05) is 24.6 Å². The molecule has 0 aromatic heterocycles. The third-order valence-corrected chi connectivity index (χ3v) is 4.84. The fourth-order valence-electron chi connectivity index (χ4n) is 2.83. The molecular weight excluding hydrogens is 204 g/mol. The van der Waals surface area contributed by atoms with Crippen LogP contribution in [0.5, 0.6) is 0 Å². The Balaban J connectivity index is 1.95. The van der Waals surface area contributed by atoms with Crippen molar-refractivity contribution in [1.82, 2.24) is 10.2 Å². The first-order valence-corrected chi connectivity index (χ1v) is 7.53. The lowest BCUT2D eigenvalue weighted by atomic mass is 10.0. The molecule has 2 rings (SSSR count). The van der Waals surface area contributed by atoms with Crippen LogP contribution in [-0.4, -0.2) is 47.6 Å². The van der Waals surface area contributed by atoms with Crippen molar-refractivity contribution in [3.05, 3.63) is 0 Å². The van der Waals surface area contributed by atoms with Crippen LogP contribution < -0.4 is 5.32 Å². The van der Waals surface area contributed by atoms with Crippen molar-refractivity contribution in [3.63, 3.8) is 0 Å². The van der Waals surface area contributed by atoms with Crippen molar-refractivity contribution in [2.45, 2.75) is 51.2 Å². The third kappa shape index (κ3) is 2.89. The quantitative estimate of drug-likeness (QED) is 0.778. The molecule has 2 aliphatic rings. The maximum atomic E-state index is 3.61. The molecule has 2 heterocycles. The minimum absolute atomic E-state index is 0.683. The molecule has 0 amide bonds. The lowest BCUT2D eigenvalue weighted by Gasteiger charge is -2.45. The summed E-state index contributed by atoms with van der Waals surface area (Å²) < 4.78 is 0. The Morgan fingerprint density at radius 1 is 1.33 bits per heavy atom. The first-order chi connectivity index (χ1) is 7.31. The summed E-state index contributed by atoms with van der Waals surface area (Å²) in [5.41, 5.74) is 0. The van der Waals surface area contributed by atoms with Gasteiger partial charge in [-0.1, -0.05) is 6.92 Å². The van der Waals surface area contributed by atoms with Gasteiger partial charge in [-0.2, -0.15) is 11.8 Å². The van der Waals surface area contributed by atoms with E-state index in [1.807, 2.05) is 0 Å². The van der Waals surface area contributed by atoms with E-state index in [1.165, 1.54) is 43.9 Å². The van der Waals surface area contributed by atoms with Gasteiger partial charge < -0.3 is 5.32 Å². The van der Waals surface area contributed by atoms with E-state index in [9.17, 15) is 0 Å². The van der Waals surface area contributed by atoms with E-state index < -0.39 is 0 Å². The molecule has 2 unspecified atom stereocenters. The molecule has 1 N–H and O–H groups in total. The van der Waals surface area contributed by atoms with Gasteiger partial charge in [-0.05, 0) is 37.7 Å². The summed E-state index contributed by atoms with van der Waals surface area (Å²) in [6, 6.07) is 2.34. The Morgan fingerprint density at radius 2 is 2.07 bits per heavy atom. The van der Waals surface area contributed by atoms with Crippen LogP contribution in [0.3, 0.4) is 0 Å². The van der Waals surface area contributed by atoms with E-state index in [0.717, 1.165) is 12.1 Å². The maximum Gasteiger partial charge on any atom is 0.0221 e. The Bertz CT molecular complexity index is 192. The molecule has 0 bridgehead atoms. The molecule has 2 atom stereocenters. The number of hydrogen-bond donors (Lipinski definition) is 1. The highest BCUT2D eigenvalue weighted by atomic mass is 32.2. The van der Waals surface area contributed by atoms with Gasteiger partial charge in [0.15, 0.2) is 0 Å². The molecule has 2 saturated heterocycles. The molecule has 3 heteroatoms. The molecule has 2 fully saturated rings. The monoisotopic (exact) mass is 228 g/mol. The molecule has 0 aromatic carbocycles. The fourth-order valence-corrected chi connectivity index (χ4v) is 3.91. The molecule has 0 radical (unpaired) electrons. The fraction of sp³-hybridized carbons (Fsp3) is 1.00. The Labute approximate surface area is 98.2 Å². The lowest BCUT2D eigenvalue weighted by molar-refractivity contribution is 0.0780. The van der Waals surface area contributed by atoms with Gasteiger partial charge in [0.25, 0.3) is 0 Å². The van der Waals surface area contributed by atoms with Crippen LogP contribution in [0.25, 0.3) is 0 Å². The van der Waals surface area contributed by atoms with Crippen LogP contribution in [-0.2, 0) is 0 Å². The smallest absolute Gasteiger partial charge is 0.0221 e. The van der Waals surface area contributed by atoms with E-state index >= 15 is 0 Å². The van der Waals surface area contributed by atoms with E-state index in [0.29, 0.717) is 6.04 Å². The molecule has 0 aliphatic carbocycles. The van der Waals surface area contributed by atoms with Crippen molar-refractivity contribution >= 4 is 11.8 Å². The predicted molar refractivity (Wildman–Crippen MR) is 68.6 cm³/mol. The summed E-state index contributed by atoms with van der Waals surface area (Å²) in [5.74, 6) is 2.75. The van der Waals surface area contributed by atoms with Crippen molar-refractivity contribution in [1.29, 1.82) is 0 Å². The van der Waals surface area contributed by atoms with Gasteiger partial charge in [0, 0.05) is 31.2 Å². The second-order valence-corrected chi connectivity index (χ2v) is 6.14. The standard InChI is InChI=1S/C12H24N2S/c1-3-11-8-13-10(2)9-14(11)12-4-6-15-7-5-12/h10-13H,3-9H2,1-2H3. The lowest BCUT2D eigenvalue weighted by Crippen LogP contribution is -2.58. The Hall–Kier alpha value is 0.270. The number of nitrogens with zero attached hydrogens (tertiary/aromatic N) is 1. The first-order valence-electron chi connectivity index (χ1n) is 6.38. The normalized spacial score (nSPS) is 35.6. The van der Waals surface area contributed by atoms with Crippen LogP contribution in [0.2, 0.25) is 0 Å². The average Bonchev–Trinajstić information content (AvgIpc) is 2.30. The van der Waals surface area contributed by atoms with E-state index in [2.05, 4.69) is 35.8 Å². The topological polar surface area (TPSA) is 15.3 Å². The van der Waals surface area contributed by atoms with E-state index in [1.54, 1.807) is 0 Å². The van der Waals surface area contributed by atoms with Crippen LogP contribution in [0.15, 0.2) is 0 Å². The van der Waals surface area contributed by atoms with Gasteiger partial charge in [0.1, 0.15) is 0 Å². The number of rotatable bonds is 2. The second kappa shape index (κ2) is 5.55. The van der Waals surface area contributed by atoms with Gasteiger partial charge in [-0.15, -0.1) is 0 Å². The highest BCUT2D eigenvalue weighted by Gasteiger charge is 2.30. The summed E-state index contributed by atoms with van der Waals surface area (Å²) >= 11 is 2.13. The molecule has 2 aliphatic heterocycles. The Kier molecular flexibility index (Phi) is 4.35. The van der Waals surface area contributed by atoms with Crippen molar-refractivity contribution in [3.8, 4) is 0 Å². The van der Waals surface area contributed by atoms with Crippen molar-refractivity contribution in [2.24, 2.45) is 0 Å². The summed E-state index contributed by atoms with van der Waals surface area (Å²) in [6.45, 7) is 7.10. The number of thioether (sulfide) groups is 1. The van der Waals surface area contributed by atoms with Gasteiger partial charge in [0.2, 0.25) is 0 Å². The SMILES string of the molecule is CCC1CNC(C)CN1C1CCSCC1. The summed E-state index contributed by atoms with van der Waals surface area (Å²) in [6.07, 6.45) is 4.12. The zero-order valence-corrected chi connectivity index (χ0v) is 10.9. The van der Waals surface area contributed by atoms with Gasteiger partial charge in [0.05, 0.1) is 0 Å². The molecule has 0 aromatic rings. The van der Waals surface area contributed by atoms with Crippen LogP contribution in [0.1, 0.15) is 33.1 Å². The maximum absolute atomic E-state index is 3.61. The molecule has 15 heavy (non-hydrogen) atoms. The minimum atomic E-state index is 0.683. The first kappa shape index (κ1) is 11.7. The molecular formula is C12H24N2S. The van der Waals surface area contributed by atoms with Gasteiger partial charge in [-0.25, -0.2) is 0 Å². The summed E-state index contributed by atoms with van der Waals surface area (Å²) in [7, 11) is 0. The van der Waals surface area contributed by atoms with Crippen LogP contribution >= 0.6 is 11.8 Å². The highest BCUT2D eigenvalue weighted by Crippen LogP contribution is 2.25. The van der Waals surface area contributed by atoms with E-state index in [-0.39, 0.29) is 0 Å². The zero-order chi connectivity index (χ0) is 10.7. The van der Waals surface area contributed by atoms with Crippen molar-refractivity contribution < 1.29 is 0 Å². The molecule has 88 valence electrons. The average molecular weight is 228 g/mol. The molecule has 2 nitrogen and oxygen atoms in total. The molecule has 0 spiro atoms. The number of nitrogens with one attached hydrogen (secondary N) is 1. The van der Waals surface area contributed by atoms with Gasteiger partial charge in [-0.3, -0.25) is 4.90 Å². The second-order valence-electron chi connectivity index (χ2n) is 4.91.